The van der Waals surface area contributed by atoms with Crippen molar-refractivity contribution in [1.82, 2.24) is 9.55 Å². The minimum absolute atomic E-state index is 0.0997. The number of aliphatic hydroxyl groups excluding tert-OH is 4. The Kier molecular flexibility index (Phi) is 7.82. The molecule has 0 spiro atoms. The van der Waals surface area contributed by atoms with E-state index in [-0.39, 0.29) is 11.4 Å². The Morgan fingerprint density at radius 1 is 1.21 bits per heavy atom. The van der Waals surface area contributed by atoms with Crippen LogP contribution in [0.4, 0.5) is 5.82 Å². The lowest BCUT2D eigenvalue weighted by atomic mass is 9.98. The van der Waals surface area contributed by atoms with Crippen LogP contribution in [0.1, 0.15) is 12.6 Å². The summed E-state index contributed by atoms with van der Waals surface area (Å²) in [6.07, 6.45) is -6.40. The van der Waals surface area contributed by atoms with Crippen LogP contribution in [0.15, 0.2) is 40.3 Å². The SMILES string of the molecule is Nc1ccn([C@@H]2O[C@H](COP(=O)(O)O/C(=C3\C=C[C@H](O)[C@H](O)C3)P(=O)(O)O)[C@@H](O)[C@H]2O)c(=O)n1. The molecule has 1 aliphatic heterocycles. The zero-order valence-electron chi connectivity index (χ0n) is 17.1. The van der Waals surface area contributed by atoms with Gasteiger partial charge in [-0.15, -0.1) is 0 Å². The van der Waals surface area contributed by atoms with Gasteiger partial charge in [0.25, 0.3) is 0 Å². The molecule has 190 valence electrons. The number of phosphoric acid groups is 1. The molecule has 9 N–H and O–H groups in total. The number of rotatable bonds is 7. The third kappa shape index (κ3) is 6.00. The van der Waals surface area contributed by atoms with Crippen LogP contribution in [0.3, 0.4) is 0 Å². The van der Waals surface area contributed by atoms with Gasteiger partial charge >= 0.3 is 21.1 Å². The largest absolute Gasteiger partial charge is 0.527 e. The van der Waals surface area contributed by atoms with Gasteiger partial charge < -0.3 is 45.2 Å². The molecule has 1 aliphatic carbocycles. The highest BCUT2D eigenvalue weighted by Crippen LogP contribution is 2.58. The lowest BCUT2D eigenvalue weighted by molar-refractivity contribution is -0.0544. The van der Waals surface area contributed by atoms with E-state index < -0.39 is 76.4 Å². The van der Waals surface area contributed by atoms with Gasteiger partial charge in [0.2, 0.25) is 5.50 Å². The number of nitrogens with two attached hydrogens (primary N) is 1. The van der Waals surface area contributed by atoms with E-state index in [1.807, 2.05) is 0 Å². The number of allylic oxidation sites excluding steroid dienone is 1. The Morgan fingerprint density at radius 3 is 2.47 bits per heavy atom. The molecule has 0 bridgehead atoms. The number of hydrogen-bond acceptors (Lipinski definition) is 12. The van der Waals surface area contributed by atoms with E-state index in [1.54, 1.807) is 0 Å². The molecule has 0 aromatic carbocycles. The van der Waals surface area contributed by atoms with Crippen molar-refractivity contribution in [2.45, 2.75) is 43.2 Å². The highest BCUT2D eigenvalue weighted by atomic mass is 31.2. The number of nitrogen functional groups attached to an aromatic ring is 1. The monoisotopic (exact) mass is 527 g/mol. The van der Waals surface area contributed by atoms with Gasteiger partial charge in [-0.2, -0.15) is 4.98 Å². The van der Waals surface area contributed by atoms with Crippen molar-refractivity contribution in [3.63, 3.8) is 0 Å². The Hall–Kier alpha value is -1.94. The number of aliphatic hydroxyl groups is 4. The number of ether oxygens (including phenoxy) is 1. The first kappa shape index (κ1) is 26.7. The van der Waals surface area contributed by atoms with Crippen LogP contribution in [-0.2, 0) is 22.9 Å². The van der Waals surface area contributed by atoms with Crippen LogP contribution in [-0.4, -0.2) is 81.8 Å². The molecule has 2 heterocycles. The lowest BCUT2D eigenvalue weighted by Gasteiger charge is -2.24. The fourth-order valence-electron chi connectivity index (χ4n) is 3.23. The molecule has 0 saturated carbocycles. The summed E-state index contributed by atoms with van der Waals surface area (Å²) in [7, 11) is -10.5. The van der Waals surface area contributed by atoms with Crippen molar-refractivity contribution < 1.29 is 58.0 Å². The first-order valence-electron chi connectivity index (χ1n) is 9.56. The van der Waals surface area contributed by atoms with Gasteiger partial charge in [0.1, 0.15) is 24.1 Å². The van der Waals surface area contributed by atoms with E-state index in [2.05, 4.69) is 14.0 Å². The number of aromatic nitrogens is 2. The second kappa shape index (κ2) is 9.97. The van der Waals surface area contributed by atoms with Crippen LogP contribution < -0.4 is 11.4 Å². The molecular weight excluding hydrogens is 504 g/mol. The second-order valence-corrected chi connectivity index (χ2v) is 10.3. The van der Waals surface area contributed by atoms with E-state index in [0.717, 1.165) is 22.9 Å². The van der Waals surface area contributed by atoms with E-state index in [4.69, 9.17) is 10.5 Å². The standard InChI is InChI=1S/C16H23N3O13P2/c17-11-3-4-19(16(24)18-11)14-13(23)12(22)10(31-14)6-30-34(28,29)32-15(33(25,26)27)7-1-2-8(20)9(21)5-7/h1-4,8-10,12-14,20-23H,5-6H2,(H,28,29)(H2,17,18,24)(H2,25,26,27)/b15-7-/t8-,9+,10+,12+,13+,14+/m0/s1. The molecule has 0 amide bonds. The van der Waals surface area contributed by atoms with E-state index >= 15 is 0 Å². The second-order valence-electron chi connectivity index (χ2n) is 7.44. The van der Waals surface area contributed by atoms with Crippen LogP contribution in [0, 0.1) is 0 Å². The predicted octanol–water partition coefficient (Wildman–Crippen LogP) is -2.35. The summed E-state index contributed by atoms with van der Waals surface area (Å²) in [5.74, 6) is -0.0997. The molecule has 34 heavy (non-hydrogen) atoms. The average Bonchev–Trinajstić information content (AvgIpc) is 3.00. The van der Waals surface area contributed by atoms with Crippen molar-refractivity contribution in [1.29, 1.82) is 0 Å². The molecule has 16 nitrogen and oxygen atoms in total. The maximum absolute atomic E-state index is 12.4. The van der Waals surface area contributed by atoms with Crippen LogP contribution in [0.2, 0.25) is 0 Å². The molecular formula is C16H23N3O13P2. The summed E-state index contributed by atoms with van der Waals surface area (Å²) in [5.41, 5.74) is 2.87. The van der Waals surface area contributed by atoms with Crippen molar-refractivity contribution >= 4 is 21.2 Å². The summed E-state index contributed by atoms with van der Waals surface area (Å²) < 4.78 is 39.6. The van der Waals surface area contributed by atoms with Gasteiger partial charge in [-0.3, -0.25) is 18.5 Å². The van der Waals surface area contributed by atoms with Crippen molar-refractivity contribution in [2.24, 2.45) is 0 Å². The first-order valence-corrected chi connectivity index (χ1v) is 12.7. The molecule has 1 saturated heterocycles. The Morgan fingerprint density at radius 2 is 1.88 bits per heavy atom. The van der Waals surface area contributed by atoms with Gasteiger partial charge in [0.05, 0.1) is 18.8 Å². The molecule has 1 unspecified atom stereocenters. The minimum Gasteiger partial charge on any atom is -0.395 e. The molecule has 1 aromatic rings. The molecule has 7 atom stereocenters. The zero-order valence-corrected chi connectivity index (χ0v) is 18.9. The quantitative estimate of drug-likeness (QED) is 0.136. The number of anilines is 1. The fourth-order valence-corrected chi connectivity index (χ4v) is 5.23. The molecule has 2 aliphatic rings. The van der Waals surface area contributed by atoms with E-state index in [9.17, 15) is 49.0 Å². The van der Waals surface area contributed by atoms with E-state index in [0.29, 0.717) is 0 Å². The van der Waals surface area contributed by atoms with Crippen LogP contribution >= 0.6 is 15.4 Å². The molecule has 18 heteroatoms. The highest BCUT2D eigenvalue weighted by Gasteiger charge is 2.46. The summed E-state index contributed by atoms with van der Waals surface area (Å²) in [6.45, 7) is -0.902. The third-order valence-corrected chi connectivity index (χ3v) is 6.86. The van der Waals surface area contributed by atoms with Gasteiger partial charge in [-0.25, -0.2) is 9.36 Å². The van der Waals surface area contributed by atoms with Gasteiger partial charge in [-0.1, -0.05) is 12.2 Å². The summed E-state index contributed by atoms with van der Waals surface area (Å²) >= 11 is 0. The van der Waals surface area contributed by atoms with Crippen molar-refractivity contribution in [3.8, 4) is 0 Å². The molecule has 0 radical (unpaired) electrons. The first-order chi connectivity index (χ1) is 15.7. The third-order valence-electron chi connectivity index (χ3n) is 4.92. The van der Waals surface area contributed by atoms with Gasteiger partial charge in [0, 0.05) is 18.2 Å². The van der Waals surface area contributed by atoms with Crippen LogP contribution in [0.5, 0.6) is 0 Å². The maximum Gasteiger partial charge on any atom is 0.527 e. The summed E-state index contributed by atoms with van der Waals surface area (Å²) in [5, 5.41) is 39.6. The normalized spacial score (nSPS) is 32.9. The Labute approximate surface area is 190 Å². The van der Waals surface area contributed by atoms with Gasteiger partial charge in [-0.05, 0) is 6.07 Å². The predicted molar refractivity (Wildman–Crippen MR) is 111 cm³/mol. The highest BCUT2D eigenvalue weighted by molar-refractivity contribution is 7.57. The van der Waals surface area contributed by atoms with Crippen LogP contribution in [0.25, 0.3) is 0 Å². The maximum atomic E-state index is 12.4. The Bertz CT molecular complexity index is 1130. The van der Waals surface area contributed by atoms with E-state index in [1.165, 1.54) is 6.07 Å². The minimum atomic E-state index is -5.29. The number of hydrogen-bond donors (Lipinski definition) is 8. The Balaban J connectivity index is 1.74. The summed E-state index contributed by atoms with van der Waals surface area (Å²) in [4.78, 5) is 44.5. The summed E-state index contributed by atoms with van der Waals surface area (Å²) in [6, 6.07) is 1.23. The fraction of sp³-hybridized carbons (Fsp3) is 0.500. The molecule has 1 fully saturated rings. The number of phosphoric ester groups is 1. The van der Waals surface area contributed by atoms with Crippen molar-refractivity contribution in [2.75, 3.05) is 12.3 Å². The smallest absolute Gasteiger partial charge is 0.395 e. The number of nitrogens with zero attached hydrogens (tertiary/aromatic N) is 2. The molecule has 3 rings (SSSR count). The molecule has 1 aromatic heterocycles. The van der Waals surface area contributed by atoms with Crippen molar-refractivity contribution in [3.05, 3.63) is 46.0 Å². The van der Waals surface area contributed by atoms with Gasteiger partial charge in [0.15, 0.2) is 6.23 Å². The average molecular weight is 527 g/mol. The zero-order chi connectivity index (χ0) is 25.4. The lowest BCUT2D eigenvalue weighted by Crippen LogP contribution is -2.36. The topological polar surface area (TPSA) is 264 Å².